The van der Waals surface area contributed by atoms with Crippen LogP contribution < -0.4 is 0 Å². The molecule has 0 aromatic heterocycles. The molecule has 0 heterocycles. The first kappa shape index (κ1) is 92.5. The van der Waals surface area contributed by atoms with Gasteiger partial charge in [-0.1, -0.05) is 310 Å². The Balaban J connectivity index is 5.27. The van der Waals surface area contributed by atoms with Crippen molar-refractivity contribution in [1.29, 1.82) is 0 Å². The highest BCUT2D eigenvalue weighted by atomic mass is 31.2. The molecule has 560 valence electrons. The summed E-state index contributed by atoms with van der Waals surface area (Å²) in [4.78, 5) is 72.8. The van der Waals surface area contributed by atoms with Gasteiger partial charge < -0.3 is 33.8 Å². The number of esters is 4. The average molecular weight is 1390 g/mol. The number of unbranched alkanes of at least 4 members (excludes halogenated alkanes) is 34. The Labute approximate surface area is 580 Å². The number of aliphatic hydroxyl groups excluding tert-OH is 1. The van der Waals surface area contributed by atoms with E-state index in [0.717, 1.165) is 127 Å². The molecule has 3 N–H and O–H groups in total. The summed E-state index contributed by atoms with van der Waals surface area (Å²) in [5.41, 5.74) is 0. The van der Waals surface area contributed by atoms with Crippen molar-refractivity contribution >= 4 is 39.5 Å². The number of allylic oxidation sites excluding steroid dienone is 4. The van der Waals surface area contributed by atoms with E-state index in [4.69, 9.17) is 37.0 Å². The lowest BCUT2D eigenvalue weighted by molar-refractivity contribution is -0.161. The molecule has 0 aromatic rings. The maximum atomic E-state index is 13.1. The molecule has 0 saturated carbocycles. The summed E-state index contributed by atoms with van der Waals surface area (Å²) in [6.45, 7) is 11.8. The van der Waals surface area contributed by atoms with Crippen molar-refractivity contribution in [3.8, 4) is 0 Å². The Morgan fingerprint density at radius 2 is 0.589 bits per heavy atom. The lowest BCUT2D eigenvalue weighted by atomic mass is 9.99. The highest BCUT2D eigenvalue weighted by molar-refractivity contribution is 7.47. The molecule has 0 spiro atoms. The van der Waals surface area contributed by atoms with Gasteiger partial charge in [0.25, 0.3) is 0 Å². The average Bonchev–Trinajstić information content (AvgIpc) is 1.39. The van der Waals surface area contributed by atoms with Crippen molar-refractivity contribution < 1.29 is 80.2 Å². The van der Waals surface area contributed by atoms with Crippen molar-refractivity contribution in [2.45, 2.75) is 381 Å². The second kappa shape index (κ2) is 66.1. The maximum Gasteiger partial charge on any atom is 0.472 e. The Morgan fingerprint density at radius 1 is 0.337 bits per heavy atom. The zero-order valence-corrected chi connectivity index (χ0v) is 63.4. The molecule has 0 saturated heterocycles. The quantitative estimate of drug-likeness (QED) is 0.0169. The van der Waals surface area contributed by atoms with Crippen molar-refractivity contribution in [3.63, 3.8) is 0 Å². The number of hydrogen-bond donors (Lipinski definition) is 3. The van der Waals surface area contributed by atoms with Crippen LogP contribution >= 0.6 is 15.6 Å². The summed E-state index contributed by atoms with van der Waals surface area (Å²) in [5.74, 6) is 0.192. The van der Waals surface area contributed by atoms with E-state index in [-0.39, 0.29) is 25.7 Å². The second-order valence-electron chi connectivity index (χ2n) is 27.4. The van der Waals surface area contributed by atoms with E-state index in [0.29, 0.717) is 25.7 Å². The van der Waals surface area contributed by atoms with Gasteiger partial charge in [-0.3, -0.25) is 37.3 Å². The van der Waals surface area contributed by atoms with Gasteiger partial charge in [-0.05, 0) is 69.1 Å². The number of phosphoric ester groups is 2. The molecule has 95 heavy (non-hydrogen) atoms. The second-order valence-corrected chi connectivity index (χ2v) is 30.3. The summed E-state index contributed by atoms with van der Waals surface area (Å²) in [7, 11) is -9.93. The fraction of sp³-hybridized carbons (Fsp3) is 0.895. The summed E-state index contributed by atoms with van der Waals surface area (Å²) in [5, 5.41) is 10.6. The maximum absolute atomic E-state index is 13.1. The van der Waals surface area contributed by atoms with Crippen LogP contribution in [0.15, 0.2) is 24.3 Å². The van der Waals surface area contributed by atoms with Gasteiger partial charge in [0.05, 0.1) is 26.4 Å². The molecule has 0 fully saturated rings. The Morgan fingerprint density at radius 3 is 0.884 bits per heavy atom. The van der Waals surface area contributed by atoms with Gasteiger partial charge in [0.15, 0.2) is 12.2 Å². The molecular formula is C76H144O17P2. The molecule has 0 amide bonds. The number of carbonyl (C=O) groups is 4. The van der Waals surface area contributed by atoms with Gasteiger partial charge in [0, 0.05) is 25.7 Å². The fourth-order valence-electron chi connectivity index (χ4n) is 11.0. The van der Waals surface area contributed by atoms with Crippen molar-refractivity contribution in [2.75, 3.05) is 39.6 Å². The first-order valence-electron chi connectivity index (χ1n) is 38.8. The monoisotopic (exact) mass is 1390 g/mol. The minimum Gasteiger partial charge on any atom is -0.462 e. The third kappa shape index (κ3) is 65.9. The predicted molar refractivity (Wildman–Crippen MR) is 386 cm³/mol. The molecule has 19 heteroatoms. The van der Waals surface area contributed by atoms with Crippen LogP contribution in [0.4, 0.5) is 0 Å². The van der Waals surface area contributed by atoms with E-state index in [2.05, 4.69) is 72.8 Å². The summed E-state index contributed by atoms with van der Waals surface area (Å²) in [6, 6.07) is 0. The molecule has 0 aromatic carbocycles. The highest BCUT2D eigenvalue weighted by Gasteiger charge is 2.30. The number of phosphoric acid groups is 2. The third-order valence-corrected chi connectivity index (χ3v) is 20.0. The van der Waals surface area contributed by atoms with Crippen LogP contribution in [0.5, 0.6) is 0 Å². The number of hydrogen-bond acceptors (Lipinski definition) is 15. The minimum atomic E-state index is -4.96. The standard InChI is InChI=1S/C76H144O17P2/c1-8-12-13-14-15-16-17-18-19-24-27-30-36-45-52-59-75(80)92-72(64-87-74(79)58-51-44-39-38-42-49-56-69(7)11-4)66-91-95(84,85)89-62-70(77)61-88-94(82,83)90-65-71(93-76(81)60-53-46-37-32-31-34-41-48-55-68(6)10-3)63-86-73(78)57-50-43-35-29-26-23-21-20-22-25-28-33-40-47-54-67(5)9-2/h16-19,67-72,77H,8-15,20-66H2,1-7H3,(H,82,83)(H,84,85)/b17-16-,19-18-/t67?,68?,69?,70-,71-,72-/m1/s1. The van der Waals surface area contributed by atoms with E-state index in [1.54, 1.807) is 0 Å². The van der Waals surface area contributed by atoms with Gasteiger partial charge in [0.1, 0.15) is 19.3 Å². The normalized spacial score (nSPS) is 15.1. The van der Waals surface area contributed by atoms with Crippen molar-refractivity contribution in [3.05, 3.63) is 24.3 Å². The van der Waals surface area contributed by atoms with Gasteiger partial charge in [-0.25, -0.2) is 9.13 Å². The van der Waals surface area contributed by atoms with Crippen LogP contribution in [0, 0.1) is 17.8 Å². The van der Waals surface area contributed by atoms with Crippen LogP contribution in [0.3, 0.4) is 0 Å². The van der Waals surface area contributed by atoms with Gasteiger partial charge >= 0.3 is 39.5 Å². The molecule has 0 bridgehead atoms. The Kier molecular flexibility index (Phi) is 64.4. The van der Waals surface area contributed by atoms with E-state index >= 15 is 0 Å². The lowest BCUT2D eigenvalue weighted by Gasteiger charge is -2.21. The molecule has 0 radical (unpaired) electrons. The smallest absolute Gasteiger partial charge is 0.462 e. The van der Waals surface area contributed by atoms with E-state index < -0.39 is 97.5 Å². The topological polar surface area (TPSA) is 237 Å². The third-order valence-electron chi connectivity index (χ3n) is 18.1. The molecular weight excluding hydrogens is 1250 g/mol. The van der Waals surface area contributed by atoms with Gasteiger partial charge in [-0.15, -0.1) is 0 Å². The number of carbonyl (C=O) groups excluding carboxylic acids is 4. The molecule has 8 atom stereocenters. The highest BCUT2D eigenvalue weighted by Crippen LogP contribution is 2.45. The Bertz CT molecular complexity index is 1950. The number of ether oxygens (including phenoxy) is 4. The molecule has 0 rings (SSSR count). The zero-order chi connectivity index (χ0) is 70.1. The molecule has 0 aliphatic heterocycles. The van der Waals surface area contributed by atoms with Crippen molar-refractivity contribution in [1.82, 2.24) is 0 Å². The first-order valence-corrected chi connectivity index (χ1v) is 41.8. The number of rotatable bonds is 72. The van der Waals surface area contributed by atoms with Crippen LogP contribution in [-0.4, -0.2) is 96.7 Å². The number of aliphatic hydroxyl groups is 1. The van der Waals surface area contributed by atoms with Crippen LogP contribution in [-0.2, 0) is 65.4 Å². The van der Waals surface area contributed by atoms with E-state index in [1.165, 1.54) is 154 Å². The first-order chi connectivity index (χ1) is 45.8. The van der Waals surface area contributed by atoms with Gasteiger partial charge in [0.2, 0.25) is 0 Å². The summed E-state index contributed by atoms with van der Waals surface area (Å²) >= 11 is 0. The van der Waals surface area contributed by atoms with E-state index in [1.807, 2.05) is 0 Å². The molecule has 17 nitrogen and oxygen atoms in total. The van der Waals surface area contributed by atoms with Crippen LogP contribution in [0.1, 0.15) is 363 Å². The zero-order valence-electron chi connectivity index (χ0n) is 61.6. The van der Waals surface area contributed by atoms with Crippen molar-refractivity contribution in [2.24, 2.45) is 17.8 Å². The van der Waals surface area contributed by atoms with E-state index in [9.17, 15) is 43.2 Å². The minimum absolute atomic E-state index is 0.0838. The van der Waals surface area contributed by atoms with Gasteiger partial charge in [-0.2, -0.15) is 0 Å². The summed E-state index contributed by atoms with van der Waals surface area (Å²) in [6.07, 6.45) is 54.8. The Hall–Kier alpha value is -2.46. The molecule has 5 unspecified atom stereocenters. The fourth-order valence-corrected chi connectivity index (χ4v) is 12.5. The molecule has 0 aliphatic rings. The summed E-state index contributed by atoms with van der Waals surface area (Å²) < 4.78 is 68.5. The SMILES string of the molecule is CCCCCC/C=C\C=C/CCCCCCCC(=O)O[C@H](COC(=O)CCCCCCCCC(C)CC)COP(=O)(O)OC[C@H](O)COP(=O)(O)OC[C@@H](COC(=O)CCCCCCCCCCCCCCCCC(C)CC)OC(=O)CCCCCCCCCCC(C)CC. The van der Waals surface area contributed by atoms with Crippen LogP contribution in [0.2, 0.25) is 0 Å². The van der Waals surface area contributed by atoms with Crippen LogP contribution in [0.25, 0.3) is 0 Å². The predicted octanol–water partition coefficient (Wildman–Crippen LogP) is 21.7. The molecule has 0 aliphatic carbocycles. The largest absolute Gasteiger partial charge is 0.472 e. The lowest BCUT2D eigenvalue weighted by Crippen LogP contribution is -2.30.